The van der Waals surface area contributed by atoms with Gasteiger partial charge in [0.1, 0.15) is 6.04 Å². The summed E-state index contributed by atoms with van der Waals surface area (Å²) in [6.07, 6.45) is 0.391. The van der Waals surface area contributed by atoms with Crippen molar-refractivity contribution in [3.8, 4) is 0 Å². The van der Waals surface area contributed by atoms with Gasteiger partial charge in [-0.15, -0.1) is 0 Å². The number of nitro benzene ring substituents is 1. The third kappa shape index (κ3) is 3.90. The molecule has 0 aromatic heterocycles. The minimum Gasteiger partial charge on any atom is -0.329 e. The molecule has 1 fully saturated rings. The first-order valence-corrected chi connectivity index (χ1v) is 7.95. The van der Waals surface area contributed by atoms with E-state index in [1.807, 2.05) is 20.8 Å². The van der Waals surface area contributed by atoms with Crippen LogP contribution in [0.4, 0.5) is 11.4 Å². The smallest absolute Gasteiger partial charge is 0.269 e. The van der Waals surface area contributed by atoms with Crippen LogP contribution in [0.1, 0.15) is 34.1 Å². The largest absolute Gasteiger partial charge is 0.329 e. The summed E-state index contributed by atoms with van der Waals surface area (Å²) < 4.78 is 0. The highest BCUT2D eigenvalue weighted by Crippen LogP contribution is 2.25. The minimum absolute atomic E-state index is 0.0155. The van der Waals surface area contributed by atoms with Crippen molar-refractivity contribution in [3.63, 3.8) is 0 Å². The molecule has 1 aliphatic rings. The standard InChI is InChI=1S/C17H23N3O4/c1-12-16(22)19(13-5-7-14(8-6-13)20(23)24)10-9-18(12)15(21)11-17(2,3)4/h5-8,12H,9-11H2,1-4H3. The van der Waals surface area contributed by atoms with Gasteiger partial charge in [-0.05, 0) is 24.5 Å². The van der Waals surface area contributed by atoms with Gasteiger partial charge in [-0.25, -0.2) is 0 Å². The lowest BCUT2D eigenvalue weighted by molar-refractivity contribution is -0.384. The average Bonchev–Trinajstić information content (AvgIpc) is 2.48. The molecule has 24 heavy (non-hydrogen) atoms. The number of rotatable bonds is 3. The average molecular weight is 333 g/mol. The van der Waals surface area contributed by atoms with E-state index in [0.717, 1.165) is 0 Å². The fraction of sp³-hybridized carbons (Fsp3) is 0.529. The van der Waals surface area contributed by atoms with Crippen LogP contribution in [0.15, 0.2) is 24.3 Å². The van der Waals surface area contributed by atoms with Gasteiger partial charge in [0.25, 0.3) is 5.69 Å². The molecule has 1 atom stereocenters. The number of carbonyl (C=O) groups is 2. The Labute approximate surface area is 141 Å². The number of amides is 2. The monoisotopic (exact) mass is 333 g/mol. The zero-order chi connectivity index (χ0) is 18.1. The van der Waals surface area contributed by atoms with Crippen LogP contribution in [0.3, 0.4) is 0 Å². The predicted molar refractivity (Wildman–Crippen MR) is 90.7 cm³/mol. The van der Waals surface area contributed by atoms with E-state index in [2.05, 4.69) is 0 Å². The predicted octanol–water partition coefficient (Wildman–Crippen LogP) is 2.59. The number of nitro groups is 1. The molecule has 1 aromatic carbocycles. The molecule has 2 amide bonds. The van der Waals surface area contributed by atoms with E-state index in [9.17, 15) is 19.7 Å². The van der Waals surface area contributed by atoms with Crippen molar-refractivity contribution >= 4 is 23.2 Å². The highest BCUT2D eigenvalue weighted by molar-refractivity contribution is 6.00. The van der Waals surface area contributed by atoms with Gasteiger partial charge in [0.15, 0.2) is 0 Å². The Morgan fingerprint density at radius 2 is 1.83 bits per heavy atom. The maximum atomic E-state index is 12.6. The second kappa shape index (κ2) is 6.59. The molecule has 1 unspecified atom stereocenters. The molecule has 1 aliphatic heterocycles. The van der Waals surface area contributed by atoms with Crippen LogP contribution in [-0.2, 0) is 9.59 Å². The van der Waals surface area contributed by atoms with E-state index in [1.165, 1.54) is 12.1 Å². The van der Waals surface area contributed by atoms with Gasteiger partial charge in [-0.3, -0.25) is 19.7 Å². The molecule has 0 saturated carbocycles. The molecule has 0 radical (unpaired) electrons. The number of piperazine rings is 1. The molecule has 130 valence electrons. The fourth-order valence-electron chi connectivity index (χ4n) is 2.78. The summed E-state index contributed by atoms with van der Waals surface area (Å²) in [5, 5.41) is 10.7. The SMILES string of the molecule is CC1C(=O)N(c2ccc([N+](=O)[O-])cc2)CCN1C(=O)CC(C)(C)C. The van der Waals surface area contributed by atoms with Crippen LogP contribution < -0.4 is 4.90 Å². The molecule has 1 aromatic rings. The number of nitrogens with zero attached hydrogens (tertiary/aromatic N) is 3. The normalized spacial score (nSPS) is 18.7. The van der Waals surface area contributed by atoms with Crippen molar-refractivity contribution < 1.29 is 14.5 Å². The minimum atomic E-state index is -0.538. The van der Waals surface area contributed by atoms with Crippen molar-refractivity contribution in [1.29, 1.82) is 0 Å². The first-order valence-electron chi connectivity index (χ1n) is 7.95. The number of non-ortho nitro benzene ring substituents is 1. The fourth-order valence-corrected chi connectivity index (χ4v) is 2.78. The number of benzene rings is 1. The molecule has 0 bridgehead atoms. The Bertz CT molecular complexity index is 649. The van der Waals surface area contributed by atoms with E-state index in [4.69, 9.17) is 0 Å². The van der Waals surface area contributed by atoms with Crippen LogP contribution >= 0.6 is 0 Å². The van der Waals surface area contributed by atoms with Crippen LogP contribution in [0.5, 0.6) is 0 Å². The first kappa shape index (κ1) is 17.9. The molecular formula is C17H23N3O4. The summed E-state index contributed by atoms with van der Waals surface area (Å²) >= 11 is 0. The summed E-state index contributed by atoms with van der Waals surface area (Å²) in [4.78, 5) is 38.5. The van der Waals surface area contributed by atoms with Crippen LogP contribution in [0.25, 0.3) is 0 Å². The number of hydrogen-bond acceptors (Lipinski definition) is 4. The summed E-state index contributed by atoms with van der Waals surface area (Å²) in [5.41, 5.74) is 0.466. The highest BCUT2D eigenvalue weighted by atomic mass is 16.6. The zero-order valence-electron chi connectivity index (χ0n) is 14.5. The van der Waals surface area contributed by atoms with E-state index < -0.39 is 11.0 Å². The second-order valence-corrected chi connectivity index (χ2v) is 7.26. The molecule has 7 heteroatoms. The van der Waals surface area contributed by atoms with Crippen molar-refractivity contribution in [2.24, 2.45) is 5.41 Å². The first-order chi connectivity index (χ1) is 11.1. The van der Waals surface area contributed by atoms with Crippen LogP contribution in [-0.4, -0.2) is 40.8 Å². The van der Waals surface area contributed by atoms with Crippen LogP contribution in [0, 0.1) is 15.5 Å². The topological polar surface area (TPSA) is 83.8 Å². The number of hydrogen-bond donors (Lipinski definition) is 0. The Hall–Kier alpha value is -2.44. The molecular weight excluding hydrogens is 310 g/mol. The summed E-state index contributed by atoms with van der Waals surface area (Å²) in [6, 6.07) is 5.35. The lowest BCUT2D eigenvalue weighted by Gasteiger charge is -2.40. The molecule has 1 heterocycles. The van der Waals surface area contributed by atoms with Crippen molar-refractivity contribution in [3.05, 3.63) is 34.4 Å². The number of anilines is 1. The van der Waals surface area contributed by atoms with E-state index in [-0.39, 0.29) is 22.9 Å². The Morgan fingerprint density at radius 3 is 2.33 bits per heavy atom. The van der Waals surface area contributed by atoms with Gasteiger partial charge >= 0.3 is 0 Å². The second-order valence-electron chi connectivity index (χ2n) is 7.26. The van der Waals surface area contributed by atoms with Gasteiger partial charge in [0, 0.05) is 37.3 Å². The van der Waals surface area contributed by atoms with E-state index in [1.54, 1.807) is 28.9 Å². The molecule has 0 N–H and O–H groups in total. The lowest BCUT2D eigenvalue weighted by atomic mass is 9.91. The van der Waals surface area contributed by atoms with E-state index >= 15 is 0 Å². The molecule has 7 nitrogen and oxygen atoms in total. The van der Waals surface area contributed by atoms with Crippen molar-refractivity contribution in [2.45, 2.75) is 40.2 Å². The lowest BCUT2D eigenvalue weighted by Crippen LogP contribution is -2.58. The Balaban J connectivity index is 2.12. The summed E-state index contributed by atoms with van der Waals surface area (Å²) in [5.74, 6) is -0.191. The van der Waals surface area contributed by atoms with Gasteiger partial charge in [0.05, 0.1) is 4.92 Å². The molecule has 1 saturated heterocycles. The van der Waals surface area contributed by atoms with Gasteiger partial charge in [0.2, 0.25) is 11.8 Å². The molecule has 0 aliphatic carbocycles. The number of carbonyl (C=O) groups excluding carboxylic acids is 2. The third-order valence-corrected chi connectivity index (χ3v) is 4.03. The van der Waals surface area contributed by atoms with Crippen LogP contribution in [0.2, 0.25) is 0 Å². The molecule has 2 rings (SSSR count). The molecule has 0 spiro atoms. The maximum Gasteiger partial charge on any atom is 0.269 e. The third-order valence-electron chi connectivity index (χ3n) is 4.03. The Kier molecular flexibility index (Phi) is 4.91. The van der Waals surface area contributed by atoms with Crippen molar-refractivity contribution in [1.82, 2.24) is 4.90 Å². The maximum absolute atomic E-state index is 12.6. The quantitative estimate of drug-likeness (QED) is 0.629. The van der Waals surface area contributed by atoms with E-state index in [0.29, 0.717) is 25.2 Å². The van der Waals surface area contributed by atoms with Gasteiger partial charge in [-0.1, -0.05) is 20.8 Å². The summed E-state index contributed by atoms with van der Waals surface area (Å²) in [7, 11) is 0. The zero-order valence-corrected chi connectivity index (χ0v) is 14.5. The summed E-state index contributed by atoms with van der Waals surface area (Å²) in [6.45, 7) is 8.54. The van der Waals surface area contributed by atoms with Gasteiger partial charge in [-0.2, -0.15) is 0 Å². The Morgan fingerprint density at radius 1 is 1.25 bits per heavy atom. The van der Waals surface area contributed by atoms with Gasteiger partial charge < -0.3 is 9.80 Å². The van der Waals surface area contributed by atoms with Crippen molar-refractivity contribution in [2.75, 3.05) is 18.0 Å². The highest BCUT2D eigenvalue weighted by Gasteiger charge is 2.36.